The Morgan fingerprint density at radius 3 is 2.82 bits per heavy atom. The monoisotopic (exact) mass is 439 g/mol. The number of fused-ring (bicyclic) bond motifs is 3. The van der Waals surface area contributed by atoms with Crippen molar-refractivity contribution in [2.45, 2.75) is 13.2 Å². The van der Waals surface area contributed by atoms with Gasteiger partial charge < -0.3 is 15.0 Å². The quantitative estimate of drug-likeness (QED) is 0.485. The van der Waals surface area contributed by atoms with Crippen molar-refractivity contribution in [2.75, 3.05) is 7.11 Å². The van der Waals surface area contributed by atoms with Crippen LogP contribution in [0.5, 0.6) is 0 Å². The van der Waals surface area contributed by atoms with Gasteiger partial charge in [-0.3, -0.25) is 4.79 Å². The van der Waals surface area contributed by atoms with Crippen molar-refractivity contribution in [3.8, 4) is 0 Å². The molecular formula is C22H17BrFN2O2. The van der Waals surface area contributed by atoms with Crippen molar-refractivity contribution in [3.05, 3.63) is 81.6 Å². The van der Waals surface area contributed by atoms with E-state index in [1.54, 1.807) is 25.3 Å². The smallest absolute Gasteiger partial charge is 0.249 e. The second-order valence-electron chi connectivity index (χ2n) is 6.59. The van der Waals surface area contributed by atoms with Crippen LogP contribution < -0.4 is 5.73 Å². The highest BCUT2D eigenvalue weighted by atomic mass is 79.9. The Hall–Kier alpha value is -2.70. The molecule has 4 nitrogen and oxygen atoms in total. The number of ether oxygens (including phenoxy) is 1. The Morgan fingerprint density at radius 1 is 1.25 bits per heavy atom. The number of primary amides is 1. The van der Waals surface area contributed by atoms with E-state index < -0.39 is 5.91 Å². The third-order valence-electron chi connectivity index (χ3n) is 4.77. The van der Waals surface area contributed by atoms with Gasteiger partial charge in [0.15, 0.2) is 0 Å². The normalized spacial score (nSPS) is 11.4. The molecule has 1 heterocycles. The van der Waals surface area contributed by atoms with E-state index in [0.717, 1.165) is 37.4 Å². The third kappa shape index (κ3) is 3.19. The van der Waals surface area contributed by atoms with E-state index in [1.807, 2.05) is 22.8 Å². The summed E-state index contributed by atoms with van der Waals surface area (Å²) in [5.74, 6) is -0.797. The zero-order valence-corrected chi connectivity index (χ0v) is 16.7. The van der Waals surface area contributed by atoms with Gasteiger partial charge in [-0.05, 0) is 59.7 Å². The van der Waals surface area contributed by atoms with Crippen molar-refractivity contribution < 1.29 is 13.9 Å². The van der Waals surface area contributed by atoms with Crippen LogP contribution in [-0.4, -0.2) is 17.6 Å². The summed E-state index contributed by atoms with van der Waals surface area (Å²) in [6.07, 6.45) is 0. The van der Waals surface area contributed by atoms with Gasteiger partial charge in [0, 0.05) is 34.5 Å². The first kappa shape index (κ1) is 18.7. The summed E-state index contributed by atoms with van der Waals surface area (Å²) in [6, 6.07) is 17.2. The average Bonchev–Trinajstić information content (AvgIpc) is 2.98. The van der Waals surface area contributed by atoms with Crippen molar-refractivity contribution in [2.24, 2.45) is 5.73 Å². The largest absolute Gasteiger partial charge is 0.380 e. The molecule has 0 bridgehead atoms. The molecule has 1 amide bonds. The molecule has 0 aliphatic carbocycles. The van der Waals surface area contributed by atoms with E-state index in [4.69, 9.17) is 10.5 Å². The SMILES string of the molecule is COCc1c[c]c2c3c(C(N)=O)cccc3n(Cc3cc(F)ccc3Br)c2c1. The predicted octanol–water partition coefficient (Wildman–Crippen LogP) is 4.79. The summed E-state index contributed by atoms with van der Waals surface area (Å²) in [5.41, 5.74) is 9.53. The molecule has 0 fully saturated rings. The van der Waals surface area contributed by atoms with Gasteiger partial charge in [-0.25, -0.2) is 4.39 Å². The maximum atomic E-state index is 13.8. The molecule has 1 radical (unpaired) electrons. The number of nitrogens with zero attached hydrogens (tertiary/aromatic N) is 1. The second kappa shape index (κ2) is 7.37. The summed E-state index contributed by atoms with van der Waals surface area (Å²) < 4.78 is 21.9. The summed E-state index contributed by atoms with van der Waals surface area (Å²) in [5, 5.41) is 1.55. The number of methoxy groups -OCH3 is 1. The number of hydrogen-bond donors (Lipinski definition) is 1. The van der Waals surface area contributed by atoms with Gasteiger partial charge in [0.25, 0.3) is 0 Å². The predicted molar refractivity (Wildman–Crippen MR) is 111 cm³/mol. The molecule has 0 aliphatic rings. The topological polar surface area (TPSA) is 57.2 Å². The lowest BCUT2D eigenvalue weighted by atomic mass is 10.0. The van der Waals surface area contributed by atoms with E-state index in [-0.39, 0.29) is 5.82 Å². The Labute approximate surface area is 169 Å². The molecule has 0 unspecified atom stereocenters. The fourth-order valence-corrected chi connectivity index (χ4v) is 3.93. The van der Waals surface area contributed by atoms with Gasteiger partial charge in [0.2, 0.25) is 5.91 Å². The fourth-order valence-electron chi connectivity index (χ4n) is 3.56. The minimum absolute atomic E-state index is 0.302. The van der Waals surface area contributed by atoms with Crippen LogP contribution in [0, 0.1) is 11.9 Å². The second-order valence-corrected chi connectivity index (χ2v) is 7.44. The van der Waals surface area contributed by atoms with Crippen LogP contribution in [0.1, 0.15) is 21.5 Å². The molecule has 2 N–H and O–H groups in total. The number of carbonyl (C=O) groups excluding carboxylic acids is 1. The first-order valence-corrected chi connectivity index (χ1v) is 9.47. The van der Waals surface area contributed by atoms with Crippen LogP contribution in [0.15, 0.2) is 53.0 Å². The van der Waals surface area contributed by atoms with E-state index in [9.17, 15) is 9.18 Å². The molecule has 0 saturated heterocycles. The number of nitrogens with two attached hydrogens (primary N) is 1. The van der Waals surface area contributed by atoms with Gasteiger partial charge in [0.05, 0.1) is 17.6 Å². The van der Waals surface area contributed by atoms with E-state index >= 15 is 0 Å². The van der Waals surface area contributed by atoms with E-state index in [0.29, 0.717) is 18.7 Å². The standard InChI is InChI=1S/C22H17BrFN2O2/c1-28-12-13-5-7-16-20(9-13)26(11-14-10-15(24)6-8-18(14)23)19-4-2-3-17(21(16)19)22(25)27/h2-6,8-10H,11-12H2,1H3,(H2,25,27). The minimum atomic E-state index is -0.494. The molecule has 3 aromatic carbocycles. The highest BCUT2D eigenvalue weighted by Gasteiger charge is 2.18. The first-order valence-electron chi connectivity index (χ1n) is 8.67. The highest BCUT2D eigenvalue weighted by Crippen LogP contribution is 2.33. The number of benzene rings is 3. The van der Waals surface area contributed by atoms with Crippen LogP contribution in [-0.2, 0) is 17.9 Å². The van der Waals surface area contributed by atoms with Gasteiger partial charge >= 0.3 is 0 Å². The average molecular weight is 440 g/mol. The van der Waals surface area contributed by atoms with Crippen LogP contribution >= 0.6 is 15.9 Å². The molecule has 0 saturated carbocycles. The van der Waals surface area contributed by atoms with Crippen molar-refractivity contribution in [1.82, 2.24) is 4.57 Å². The van der Waals surface area contributed by atoms with Crippen LogP contribution in [0.25, 0.3) is 21.8 Å². The third-order valence-corrected chi connectivity index (χ3v) is 5.54. The van der Waals surface area contributed by atoms with Crippen LogP contribution in [0.3, 0.4) is 0 Å². The first-order chi connectivity index (χ1) is 13.5. The van der Waals surface area contributed by atoms with Gasteiger partial charge in [0.1, 0.15) is 5.82 Å². The number of halogens is 2. The zero-order valence-electron chi connectivity index (χ0n) is 15.1. The van der Waals surface area contributed by atoms with Gasteiger partial charge in [-0.15, -0.1) is 0 Å². The van der Waals surface area contributed by atoms with E-state index in [2.05, 4.69) is 22.0 Å². The Bertz CT molecular complexity index is 1220. The summed E-state index contributed by atoms with van der Waals surface area (Å²) in [6.45, 7) is 0.866. The zero-order chi connectivity index (χ0) is 19.8. The lowest BCUT2D eigenvalue weighted by Gasteiger charge is -2.11. The molecule has 4 rings (SSSR count). The summed E-state index contributed by atoms with van der Waals surface area (Å²) in [7, 11) is 1.63. The number of hydrogen-bond acceptors (Lipinski definition) is 2. The number of rotatable bonds is 5. The summed E-state index contributed by atoms with van der Waals surface area (Å²) >= 11 is 3.50. The Balaban J connectivity index is 2.03. The fraction of sp³-hybridized carbons (Fsp3) is 0.136. The van der Waals surface area contributed by atoms with Crippen LogP contribution in [0.4, 0.5) is 4.39 Å². The number of aromatic nitrogens is 1. The molecule has 28 heavy (non-hydrogen) atoms. The van der Waals surface area contributed by atoms with Crippen molar-refractivity contribution in [1.29, 1.82) is 0 Å². The molecule has 1 aromatic heterocycles. The highest BCUT2D eigenvalue weighted by molar-refractivity contribution is 9.10. The maximum absolute atomic E-state index is 13.8. The summed E-state index contributed by atoms with van der Waals surface area (Å²) in [4.78, 5) is 12.0. The Morgan fingerprint density at radius 2 is 2.07 bits per heavy atom. The molecule has 0 aliphatic heterocycles. The van der Waals surface area contributed by atoms with E-state index in [1.165, 1.54) is 12.1 Å². The van der Waals surface area contributed by atoms with Gasteiger partial charge in [-0.2, -0.15) is 0 Å². The van der Waals surface area contributed by atoms with Gasteiger partial charge in [-0.1, -0.05) is 22.0 Å². The lowest BCUT2D eigenvalue weighted by molar-refractivity contribution is 0.100. The molecular weight excluding hydrogens is 423 g/mol. The molecule has 6 heteroatoms. The lowest BCUT2D eigenvalue weighted by Crippen LogP contribution is -2.11. The van der Waals surface area contributed by atoms with Crippen LogP contribution in [0.2, 0.25) is 0 Å². The number of carbonyl (C=O) groups is 1. The molecule has 0 spiro atoms. The van der Waals surface area contributed by atoms with Crippen molar-refractivity contribution >= 4 is 43.6 Å². The molecule has 0 atom stereocenters. The molecule has 4 aromatic rings. The Kier molecular flexibility index (Phi) is 4.91. The van der Waals surface area contributed by atoms with Crippen molar-refractivity contribution in [3.63, 3.8) is 0 Å². The molecule has 141 valence electrons. The maximum Gasteiger partial charge on any atom is 0.249 e. The minimum Gasteiger partial charge on any atom is -0.380 e. The number of amides is 1.